The van der Waals surface area contributed by atoms with Crippen molar-refractivity contribution in [2.75, 3.05) is 32.4 Å². The smallest absolute Gasteiger partial charge is 0.149 e. The minimum atomic E-state index is 0.487. The highest BCUT2D eigenvalue weighted by molar-refractivity contribution is 5.44. The highest BCUT2D eigenvalue weighted by Gasteiger charge is 2.26. The van der Waals surface area contributed by atoms with Gasteiger partial charge in [-0.3, -0.25) is 4.68 Å². The van der Waals surface area contributed by atoms with Gasteiger partial charge in [0.2, 0.25) is 0 Å². The van der Waals surface area contributed by atoms with E-state index in [1.165, 1.54) is 24.1 Å². The fourth-order valence-corrected chi connectivity index (χ4v) is 2.94. The molecule has 0 aliphatic carbocycles. The molecule has 0 bridgehead atoms. The summed E-state index contributed by atoms with van der Waals surface area (Å²) in [5.41, 5.74) is 8.67. The number of nitrogens with two attached hydrogens (primary N) is 1. The van der Waals surface area contributed by atoms with Crippen LogP contribution in [0.15, 0.2) is 0 Å². The van der Waals surface area contributed by atoms with Crippen molar-refractivity contribution >= 4 is 5.82 Å². The van der Waals surface area contributed by atoms with Crippen molar-refractivity contribution in [1.82, 2.24) is 20.0 Å². The molecule has 3 rings (SSSR count). The number of nitrogens with zero attached hydrogens (tertiary/aromatic N) is 3. The predicted molar refractivity (Wildman–Crippen MR) is 67.8 cm³/mol. The predicted octanol–water partition coefficient (Wildman–Crippen LogP) is 0.378. The van der Waals surface area contributed by atoms with Crippen LogP contribution in [-0.2, 0) is 13.0 Å². The van der Waals surface area contributed by atoms with Crippen LogP contribution >= 0.6 is 0 Å². The molecule has 0 saturated carbocycles. The number of nitrogen functional groups attached to an aromatic ring is 1. The molecule has 1 aromatic heterocycles. The third-order valence-corrected chi connectivity index (χ3v) is 3.93. The van der Waals surface area contributed by atoms with Crippen molar-refractivity contribution in [3.05, 3.63) is 11.3 Å². The lowest BCUT2D eigenvalue weighted by Crippen LogP contribution is -2.35. The summed E-state index contributed by atoms with van der Waals surface area (Å²) >= 11 is 0. The molecule has 1 unspecified atom stereocenters. The number of hydrogen-bond donors (Lipinski definition) is 2. The van der Waals surface area contributed by atoms with E-state index in [0.29, 0.717) is 6.04 Å². The first-order chi connectivity index (χ1) is 8.25. The molecule has 17 heavy (non-hydrogen) atoms. The van der Waals surface area contributed by atoms with E-state index >= 15 is 0 Å². The molecule has 0 amide bonds. The maximum atomic E-state index is 6.04. The summed E-state index contributed by atoms with van der Waals surface area (Å²) in [6, 6.07) is 0.487. The lowest BCUT2D eigenvalue weighted by Gasteiger charge is -2.28. The average molecular weight is 235 g/mol. The Morgan fingerprint density at radius 2 is 2.35 bits per heavy atom. The van der Waals surface area contributed by atoms with Gasteiger partial charge in [-0.25, -0.2) is 0 Å². The van der Waals surface area contributed by atoms with Gasteiger partial charge in [-0.15, -0.1) is 0 Å². The lowest BCUT2D eigenvalue weighted by molar-refractivity contribution is 0.278. The number of nitrogens with one attached hydrogen (secondary N) is 1. The van der Waals surface area contributed by atoms with Crippen molar-refractivity contribution in [2.24, 2.45) is 0 Å². The molecule has 3 N–H and O–H groups in total. The van der Waals surface area contributed by atoms with Crippen molar-refractivity contribution in [3.8, 4) is 0 Å². The minimum Gasteiger partial charge on any atom is -0.382 e. The summed E-state index contributed by atoms with van der Waals surface area (Å²) in [6.45, 7) is 4.23. The van der Waals surface area contributed by atoms with Crippen LogP contribution in [0.2, 0.25) is 0 Å². The summed E-state index contributed by atoms with van der Waals surface area (Å²) in [6.07, 6.45) is 3.48. The fourth-order valence-electron chi connectivity index (χ4n) is 2.94. The van der Waals surface area contributed by atoms with Crippen LogP contribution in [0.25, 0.3) is 0 Å². The molecule has 0 spiro atoms. The van der Waals surface area contributed by atoms with Crippen LogP contribution in [0.5, 0.6) is 0 Å². The fraction of sp³-hybridized carbons (Fsp3) is 0.750. The van der Waals surface area contributed by atoms with Crippen LogP contribution in [0, 0.1) is 0 Å². The highest BCUT2D eigenvalue weighted by atomic mass is 15.3. The van der Waals surface area contributed by atoms with E-state index in [1.807, 2.05) is 0 Å². The van der Waals surface area contributed by atoms with Crippen LogP contribution < -0.4 is 11.1 Å². The first-order valence-electron chi connectivity index (χ1n) is 6.50. The van der Waals surface area contributed by atoms with Gasteiger partial charge in [0.25, 0.3) is 0 Å². The van der Waals surface area contributed by atoms with Gasteiger partial charge in [0.1, 0.15) is 5.82 Å². The van der Waals surface area contributed by atoms with Gasteiger partial charge in [0.15, 0.2) is 0 Å². The number of hydrogen-bond acceptors (Lipinski definition) is 4. The third-order valence-electron chi connectivity index (χ3n) is 3.93. The summed E-state index contributed by atoms with van der Waals surface area (Å²) in [5, 5.41) is 8.02. The second-order valence-electron chi connectivity index (χ2n) is 5.24. The first kappa shape index (κ1) is 11.0. The molecule has 2 aliphatic rings. The Bertz CT molecular complexity index is 405. The van der Waals surface area contributed by atoms with Gasteiger partial charge < -0.3 is 16.0 Å². The maximum Gasteiger partial charge on any atom is 0.149 e. The van der Waals surface area contributed by atoms with E-state index in [-0.39, 0.29) is 0 Å². The van der Waals surface area contributed by atoms with Gasteiger partial charge in [-0.05, 0) is 32.9 Å². The number of anilines is 1. The Kier molecular flexibility index (Phi) is 2.80. The minimum absolute atomic E-state index is 0.487. The van der Waals surface area contributed by atoms with Crippen LogP contribution in [0.1, 0.15) is 30.1 Å². The summed E-state index contributed by atoms with van der Waals surface area (Å²) in [5.74, 6) is 0.749. The van der Waals surface area contributed by atoms with Crippen LogP contribution in [0.3, 0.4) is 0 Å². The third kappa shape index (κ3) is 1.93. The summed E-state index contributed by atoms with van der Waals surface area (Å²) in [7, 11) is 2.16. The van der Waals surface area contributed by atoms with Gasteiger partial charge in [-0.1, -0.05) is 0 Å². The monoisotopic (exact) mass is 235 g/mol. The molecule has 0 aromatic carbocycles. The molecule has 0 radical (unpaired) electrons. The standard InChI is InChI=1S/C12H21N5/c1-16-6-4-10-11(8-16)17(15-12(10)13)9-3-2-5-14-7-9/h9,14H,2-8H2,1H3,(H2,13,15). The van der Waals surface area contributed by atoms with Gasteiger partial charge in [0.05, 0.1) is 11.7 Å². The van der Waals surface area contributed by atoms with E-state index in [0.717, 1.165) is 38.4 Å². The largest absolute Gasteiger partial charge is 0.382 e. The molecular weight excluding hydrogens is 214 g/mol. The number of aromatic nitrogens is 2. The maximum absolute atomic E-state index is 6.04. The van der Waals surface area contributed by atoms with E-state index in [2.05, 4.69) is 27.0 Å². The molecule has 94 valence electrons. The Balaban J connectivity index is 1.93. The second kappa shape index (κ2) is 4.31. The normalized spacial score (nSPS) is 25.8. The molecule has 5 nitrogen and oxygen atoms in total. The van der Waals surface area contributed by atoms with E-state index in [4.69, 9.17) is 5.73 Å². The molecule has 3 heterocycles. The van der Waals surface area contributed by atoms with E-state index in [1.54, 1.807) is 0 Å². The van der Waals surface area contributed by atoms with Crippen molar-refractivity contribution < 1.29 is 0 Å². The number of likely N-dealkylation sites (N-methyl/N-ethyl adjacent to an activating group) is 1. The van der Waals surface area contributed by atoms with E-state index in [9.17, 15) is 0 Å². The molecule has 5 heteroatoms. The second-order valence-corrected chi connectivity index (χ2v) is 5.24. The van der Waals surface area contributed by atoms with Crippen LogP contribution in [-0.4, -0.2) is 41.4 Å². The SMILES string of the molecule is CN1CCc2c(N)nn(C3CCCNC3)c2C1. The van der Waals surface area contributed by atoms with Crippen LogP contribution in [0.4, 0.5) is 5.82 Å². The lowest BCUT2D eigenvalue weighted by atomic mass is 10.0. The Morgan fingerprint density at radius 1 is 1.47 bits per heavy atom. The Hall–Kier alpha value is -1.07. The van der Waals surface area contributed by atoms with E-state index < -0.39 is 0 Å². The zero-order chi connectivity index (χ0) is 11.8. The van der Waals surface area contributed by atoms with Gasteiger partial charge in [0, 0.05) is 25.2 Å². The first-order valence-corrected chi connectivity index (χ1v) is 6.50. The van der Waals surface area contributed by atoms with Crippen molar-refractivity contribution in [3.63, 3.8) is 0 Å². The molecule has 2 aliphatic heterocycles. The van der Waals surface area contributed by atoms with Gasteiger partial charge in [-0.2, -0.15) is 5.10 Å². The topological polar surface area (TPSA) is 59.1 Å². The molecular formula is C12H21N5. The van der Waals surface area contributed by atoms with Crippen molar-refractivity contribution in [2.45, 2.75) is 31.8 Å². The zero-order valence-corrected chi connectivity index (χ0v) is 10.4. The summed E-state index contributed by atoms with van der Waals surface area (Å²) in [4.78, 5) is 2.34. The number of rotatable bonds is 1. The summed E-state index contributed by atoms with van der Waals surface area (Å²) < 4.78 is 2.19. The van der Waals surface area contributed by atoms with Gasteiger partial charge >= 0.3 is 0 Å². The molecule has 1 aromatic rings. The molecule has 1 fully saturated rings. The number of piperidine rings is 1. The molecule has 1 atom stereocenters. The average Bonchev–Trinajstić information content (AvgIpc) is 2.67. The molecule has 1 saturated heterocycles. The van der Waals surface area contributed by atoms with Crippen molar-refractivity contribution in [1.29, 1.82) is 0 Å². The Morgan fingerprint density at radius 3 is 3.12 bits per heavy atom. The quantitative estimate of drug-likeness (QED) is 0.739. The zero-order valence-electron chi connectivity index (χ0n) is 10.4. The Labute approximate surface area is 102 Å². The highest BCUT2D eigenvalue weighted by Crippen LogP contribution is 2.28. The number of fused-ring (bicyclic) bond motifs is 1.